The number of aromatic nitrogens is 2. The highest BCUT2D eigenvalue weighted by atomic mass is 79.9. The molecule has 5 heteroatoms. The molecule has 0 spiro atoms. The average molecular weight is 286 g/mol. The Kier molecular flexibility index (Phi) is 4.73. The minimum atomic E-state index is -0.145. The van der Waals surface area contributed by atoms with Crippen LogP contribution in [-0.4, -0.2) is 16.3 Å². The molecule has 1 rings (SSSR count). The first-order valence-corrected chi connectivity index (χ1v) is 5.96. The summed E-state index contributed by atoms with van der Waals surface area (Å²) in [4.78, 5) is 11.8. The Morgan fingerprint density at radius 2 is 2.38 bits per heavy atom. The standard InChI is InChI=1S/C11H16BrN3O/c1-4-5-15-11(16)10(12)9(7-14-15)13-6-8(2)3/h4,7-8,13H,1,5-6H2,2-3H3. The molecule has 0 amide bonds. The first-order chi connectivity index (χ1) is 7.56. The molecule has 16 heavy (non-hydrogen) atoms. The minimum Gasteiger partial charge on any atom is -0.382 e. The van der Waals surface area contributed by atoms with E-state index in [0.717, 1.165) is 12.2 Å². The van der Waals surface area contributed by atoms with Gasteiger partial charge in [-0.05, 0) is 21.8 Å². The van der Waals surface area contributed by atoms with Gasteiger partial charge in [-0.3, -0.25) is 4.79 Å². The second-order valence-electron chi connectivity index (χ2n) is 3.92. The van der Waals surface area contributed by atoms with E-state index in [1.54, 1.807) is 12.3 Å². The Balaban J connectivity index is 2.93. The normalized spacial score (nSPS) is 10.5. The molecule has 0 aromatic carbocycles. The molecular weight excluding hydrogens is 270 g/mol. The minimum absolute atomic E-state index is 0.145. The lowest BCUT2D eigenvalue weighted by molar-refractivity contribution is 0.645. The third-order valence-corrected chi connectivity index (χ3v) is 2.75. The predicted molar refractivity (Wildman–Crippen MR) is 69.7 cm³/mol. The maximum absolute atomic E-state index is 11.8. The van der Waals surface area contributed by atoms with Crippen LogP contribution in [0.25, 0.3) is 0 Å². The summed E-state index contributed by atoms with van der Waals surface area (Å²) < 4.78 is 1.88. The molecule has 1 N–H and O–H groups in total. The molecule has 0 aliphatic rings. The Hall–Kier alpha value is -1.10. The quantitative estimate of drug-likeness (QED) is 0.845. The van der Waals surface area contributed by atoms with Crippen LogP contribution in [0.15, 0.2) is 28.1 Å². The fourth-order valence-corrected chi connectivity index (χ4v) is 1.60. The highest BCUT2D eigenvalue weighted by molar-refractivity contribution is 9.10. The maximum atomic E-state index is 11.8. The molecule has 1 aromatic rings. The van der Waals surface area contributed by atoms with Crippen molar-refractivity contribution in [2.24, 2.45) is 5.92 Å². The van der Waals surface area contributed by atoms with Crippen molar-refractivity contribution in [1.29, 1.82) is 0 Å². The van der Waals surface area contributed by atoms with Crippen molar-refractivity contribution in [3.05, 3.63) is 33.7 Å². The zero-order valence-corrected chi connectivity index (χ0v) is 11.1. The van der Waals surface area contributed by atoms with Crippen molar-refractivity contribution in [3.63, 3.8) is 0 Å². The van der Waals surface area contributed by atoms with Crippen molar-refractivity contribution in [1.82, 2.24) is 9.78 Å². The van der Waals surface area contributed by atoms with Crippen LogP contribution in [0.3, 0.4) is 0 Å². The zero-order chi connectivity index (χ0) is 12.1. The van der Waals surface area contributed by atoms with E-state index in [2.05, 4.69) is 46.8 Å². The molecule has 0 saturated carbocycles. The van der Waals surface area contributed by atoms with Gasteiger partial charge in [-0.25, -0.2) is 4.68 Å². The number of halogens is 1. The van der Waals surface area contributed by atoms with E-state index in [4.69, 9.17) is 0 Å². The fourth-order valence-electron chi connectivity index (χ4n) is 1.15. The molecule has 1 heterocycles. The van der Waals surface area contributed by atoms with Crippen LogP contribution < -0.4 is 10.9 Å². The van der Waals surface area contributed by atoms with Gasteiger partial charge in [0.15, 0.2) is 0 Å². The van der Waals surface area contributed by atoms with Crippen molar-refractivity contribution in [3.8, 4) is 0 Å². The van der Waals surface area contributed by atoms with E-state index >= 15 is 0 Å². The SMILES string of the molecule is C=CCn1ncc(NCC(C)C)c(Br)c1=O. The molecule has 0 aliphatic carbocycles. The number of hydrogen-bond donors (Lipinski definition) is 1. The number of nitrogens with one attached hydrogen (secondary N) is 1. The smallest absolute Gasteiger partial charge is 0.283 e. The summed E-state index contributed by atoms with van der Waals surface area (Å²) in [5, 5.41) is 7.22. The first kappa shape index (κ1) is 13.0. The van der Waals surface area contributed by atoms with Gasteiger partial charge in [-0.2, -0.15) is 5.10 Å². The molecule has 0 aliphatic heterocycles. The summed E-state index contributed by atoms with van der Waals surface area (Å²) in [6.45, 7) is 9.02. The highest BCUT2D eigenvalue weighted by Gasteiger charge is 2.07. The molecule has 0 bridgehead atoms. The zero-order valence-electron chi connectivity index (χ0n) is 9.53. The van der Waals surface area contributed by atoms with E-state index in [1.807, 2.05) is 0 Å². The van der Waals surface area contributed by atoms with Crippen LogP contribution in [0, 0.1) is 5.92 Å². The molecular formula is C11H16BrN3O. The molecule has 0 radical (unpaired) electrons. The van der Waals surface area contributed by atoms with Gasteiger partial charge in [-0.1, -0.05) is 19.9 Å². The number of anilines is 1. The van der Waals surface area contributed by atoms with Crippen molar-refractivity contribution >= 4 is 21.6 Å². The van der Waals surface area contributed by atoms with Crippen LogP contribution in [0.5, 0.6) is 0 Å². The van der Waals surface area contributed by atoms with Crippen LogP contribution >= 0.6 is 15.9 Å². The molecule has 4 nitrogen and oxygen atoms in total. The summed E-state index contributed by atoms with van der Waals surface area (Å²) in [6.07, 6.45) is 3.29. The number of rotatable bonds is 5. The Morgan fingerprint density at radius 3 is 2.94 bits per heavy atom. The van der Waals surface area contributed by atoms with Crippen LogP contribution in [-0.2, 0) is 6.54 Å². The fraction of sp³-hybridized carbons (Fsp3) is 0.455. The third-order valence-electron chi connectivity index (χ3n) is 1.99. The molecule has 0 fully saturated rings. The van der Waals surface area contributed by atoms with Crippen LogP contribution in [0.4, 0.5) is 5.69 Å². The second kappa shape index (κ2) is 5.84. The number of hydrogen-bond acceptors (Lipinski definition) is 3. The molecule has 1 aromatic heterocycles. The summed E-state index contributed by atoms with van der Waals surface area (Å²) in [5.74, 6) is 0.516. The van der Waals surface area contributed by atoms with Gasteiger partial charge in [0.1, 0.15) is 4.47 Å². The first-order valence-electron chi connectivity index (χ1n) is 5.16. The van der Waals surface area contributed by atoms with E-state index < -0.39 is 0 Å². The van der Waals surface area contributed by atoms with Gasteiger partial charge in [0, 0.05) is 6.54 Å². The Labute approximate surface area is 103 Å². The molecule has 0 saturated heterocycles. The van der Waals surface area contributed by atoms with E-state index in [0.29, 0.717) is 16.9 Å². The van der Waals surface area contributed by atoms with Gasteiger partial charge >= 0.3 is 0 Å². The van der Waals surface area contributed by atoms with Crippen molar-refractivity contribution in [2.75, 3.05) is 11.9 Å². The van der Waals surface area contributed by atoms with Crippen molar-refractivity contribution < 1.29 is 0 Å². The average Bonchev–Trinajstić information content (AvgIpc) is 2.24. The highest BCUT2D eigenvalue weighted by Crippen LogP contribution is 2.16. The summed E-state index contributed by atoms with van der Waals surface area (Å²) in [7, 11) is 0. The topological polar surface area (TPSA) is 46.9 Å². The predicted octanol–water partition coefficient (Wildman–Crippen LogP) is 2.26. The maximum Gasteiger partial charge on any atom is 0.283 e. The lowest BCUT2D eigenvalue weighted by Crippen LogP contribution is -2.24. The molecule has 0 unspecified atom stereocenters. The summed E-state index contributed by atoms with van der Waals surface area (Å²) in [5.41, 5.74) is 0.590. The monoisotopic (exact) mass is 285 g/mol. The van der Waals surface area contributed by atoms with E-state index in [1.165, 1.54) is 4.68 Å². The van der Waals surface area contributed by atoms with E-state index in [-0.39, 0.29) is 5.56 Å². The molecule has 88 valence electrons. The Bertz CT molecular complexity index is 426. The number of nitrogens with zero attached hydrogens (tertiary/aromatic N) is 2. The lowest BCUT2D eigenvalue weighted by atomic mass is 10.2. The lowest BCUT2D eigenvalue weighted by Gasteiger charge is -2.11. The molecule has 0 atom stereocenters. The Morgan fingerprint density at radius 1 is 1.69 bits per heavy atom. The van der Waals surface area contributed by atoms with E-state index in [9.17, 15) is 4.79 Å². The summed E-state index contributed by atoms with van der Waals surface area (Å²) >= 11 is 3.28. The van der Waals surface area contributed by atoms with Gasteiger partial charge in [0.25, 0.3) is 5.56 Å². The van der Waals surface area contributed by atoms with Gasteiger partial charge in [0.2, 0.25) is 0 Å². The summed E-state index contributed by atoms with van der Waals surface area (Å²) in [6, 6.07) is 0. The van der Waals surface area contributed by atoms with Gasteiger partial charge < -0.3 is 5.32 Å². The van der Waals surface area contributed by atoms with Gasteiger partial charge in [0.05, 0.1) is 18.4 Å². The van der Waals surface area contributed by atoms with Crippen molar-refractivity contribution in [2.45, 2.75) is 20.4 Å². The largest absolute Gasteiger partial charge is 0.382 e. The third kappa shape index (κ3) is 3.20. The van der Waals surface area contributed by atoms with Gasteiger partial charge in [-0.15, -0.1) is 6.58 Å². The van der Waals surface area contributed by atoms with Crippen LogP contribution in [0.2, 0.25) is 0 Å². The number of allylic oxidation sites excluding steroid dienone is 1. The van der Waals surface area contributed by atoms with Crippen LogP contribution in [0.1, 0.15) is 13.8 Å². The second-order valence-corrected chi connectivity index (χ2v) is 4.72.